The quantitative estimate of drug-likeness (QED) is 0.811. The summed E-state index contributed by atoms with van der Waals surface area (Å²) in [5.41, 5.74) is 2.40. The van der Waals surface area contributed by atoms with Gasteiger partial charge in [-0.2, -0.15) is 0 Å². The predicted molar refractivity (Wildman–Crippen MR) is 66.6 cm³/mol. The molecule has 1 atom stereocenters. The fourth-order valence-corrected chi connectivity index (χ4v) is 2.34. The Morgan fingerprint density at radius 3 is 3.06 bits per heavy atom. The summed E-state index contributed by atoms with van der Waals surface area (Å²) in [5, 5.41) is 12.0. The van der Waals surface area contributed by atoms with E-state index in [1.165, 1.54) is 5.56 Å². The van der Waals surface area contributed by atoms with Gasteiger partial charge in [0.05, 0.1) is 6.04 Å². The molecule has 4 nitrogen and oxygen atoms in total. The Bertz CT molecular complexity index is 544. The molecule has 1 aromatic carbocycles. The molecule has 4 heteroatoms. The van der Waals surface area contributed by atoms with E-state index in [0.717, 1.165) is 30.3 Å². The first kappa shape index (κ1) is 10.5. The zero-order chi connectivity index (χ0) is 11.8. The molecule has 2 aromatic rings. The lowest BCUT2D eigenvalue weighted by Crippen LogP contribution is -2.32. The van der Waals surface area contributed by atoms with Crippen LogP contribution in [0.25, 0.3) is 11.4 Å². The molecule has 0 saturated carbocycles. The Balaban J connectivity index is 2.10. The van der Waals surface area contributed by atoms with E-state index in [-0.39, 0.29) is 6.04 Å². The summed E-state index contributed by atoms with van der Waals surface area (Å²) in [6.45, 7) is 6.14. The lowest BCUT2D eigenvalue weighted by atomic mass is 10.1. The number of fused-ring (bicyclic) bond motifs is 1. The van der Waals surface area contributed by atoms with Crippen LogP contribution < -0.4 is 5.32 Å². The number of hydrogen-bond donors (Lipinski definition) is 1. The highest BCUT2D eigenvalue weighted by Crippen LogP contribution is 2.23. The van der Waals surface area contributed by atoms with Crippen LogP contribution >= 0.6 is 0 Å². The summed E-state index contributed by atoms with van der Waals surface area (Å²) in [5.74, 6) is 2.02. The van der Waals surface area contributed by atoms with Crippen LogP contribution in [0.15, 0.2) is 24.3 Å². The van der Waals surface area contributed by atoms with Crippen LogP contribution in [0.2, 0.25) is 0 Å². The van der Waals surface area contributed by atoms with E-state index in [9.17, 15) is 0 Å². The molecule has 0 aliphatic carbocycles. The largest absolute Gasteiger partial charge is 0.308 e. The molecule has 1 aliphatic heterocycles. The summed E-state index contributed by atoms with van der Waals surface area (Å²) in [7, 11) is 0. The lowest BCUT2D eigenvalue weighted by Gasteiger charge is -2.21. The minimum Gasteiger partial charge on any atom is -0.308 e. The number of benzene rings is 1. The van der Waals surface area contributed by atoms with Crippen LogP contribution in [-0.2, 0) is 6.54 Å². The van der Waals surface area contributed by atoms with E-state index >= 15 is 0 Å². The fraction of sp³-hybridized carbons (Fsp3) is 0.385. The summed E-state index contributed by atoms with van der Waals surface area (Å²) in [6.07, 6.45) is 0. The number of rotatable bonds is 1. The number of nitrogens with zero attached hydrogens (tertiary/aromatic N) is 3. The van der Waals surface area contributed by atoms with Crippen molar-refractivity contribution in [3.8, 4) is 11.4 Å². The van der Waals surface area contributed by atoms with Gasteiger partial charge in [-0.1, -0.05) is 23.8 Å². The normalized spacial score (nSPS) is 19.1. The van der Waals surface area contributed by atoms with Crippen molar-refractivity contribution >= 4 is 0 Å². The summed E-state index contributed by atoms with van der Waals surface area (Å²) >= 11 is 0. The van der Waals surface area contributed by atoms with Crippen LogP contribution in [0.5, 0.6) is 0 Å². The van der Waals surface area contributed by atoms with Gasteiger partial charge in [-0.15, -0.1) is 10.2 Å². The zero-order valence-electron chi connectivity index (χ0n) is 10.1. The van der Waals surface area contributed by atoms with Crippen molar-refractivity contribution < 1.29 is 0 Å². The second kappa shape index (κ2) is 3.96. The van der Waals surface area contributed by atoms with Crippen molar-refractivity contribution in [1.82, 2.24) is 20.1 Å². The molecule has 2 heterocycles. The topological polar surface area (TPSA) is 42.7 Å². The van der Waals surface area contributed by atoms with Crippen LogP contribution in [0, 0.1) is 6.92 Å². The van der Waals surface area contributed by atoms with Crippen molar-refractivity contribution in [1.29, 1.82) is 0 Å². The maximum atomic E-state index is 4.33. The van der Waals surface area contributed by atoms with E-state index in [1.807, 2.05) is 0 Å². The van der Waals surface area contributed by atoms with Gasteiger partial charge in [0.15, 0.2) is 5.82 Å². The number of nitrogens with one attached hydrogen (secondary N) is 1. The summed E-state index contributed by atoms with van der Waals surface area (Å²) < 4.78 is 2.22. The summed E-state index contributed by atoms with van der Waals surface area (Å²) in [4.78, 5) is 0. The van der Waals surface area contributed by atoms with Gasteiger partial charge >= 0.3 is 0 Å². The second-order valence-electron chi connectivity index (χ2n) is 4.58. The van der Waals surface area contributed by atoms with E-state index in [0.29, 0.717) is 0 Å². The monoisotopic (exact) mass is 228 g/mol. The molecule has 3 rings (SSSR count). The van der Waals surface area contributed by atoms with E-state index in [4.69, 9.17) is 0 Å². The van der Waals surface area contributed by atoms with E-state index < -0.39 is 0 Å². The van der Waals surface area contributed by atoms with Gasteiger partial charge in [-0.25, -0.2) is 0 Å². The molecule has 0 amide bonds. The molecule has 0 bridgehead atoms. The number of aryl methyl sites for hydroxylation is 1. The molecule has 0 fully saturated rings. The Hall–Kier alpha value is -1.68. The smallest absolute Gasteiger partial charge is 0.164 e. The Morgan fingerprint density at radius 1 is 1.35 bits per heavy atom. The molecule has 88 valence electrons. The molecule has 17 heavy (non-hydrogen) atoms. The van der Waals surface area contributed by atoms with Crippen molar-refractivity contribution in [3.05, 3.63) is 35.7 Å². The minimum atomic E-state index is 0.287. The van der Waals surface area contributed by atoms with Crippen molar-refractivity contribution in [2.75, 3.05) is 6.54 Å². The Labute approximate surface area is 101 Å². The maximum Gasteiger partial charge on any atom is 0.164 e. The molecular formula is C13H16N4. The van der Waals surface area contributed by atoms with Gasteiger partial charge in [-0.3, -0.25) is 0 Å². The Morgan fingerprint density at radius 2 is 2.24 bits per heavy atom. The highest BCUT2D eigenvalue weighted by atomic mass is 15.3. The van der Waals surface area contributed by atoms with E-state index in [2.05, 4.69) is 58.2 Å². The third-order valence-electron chi connectivity index (χ3n) is 3.23. The van der Waals surface area contributed by atoms with Gasteiger partial charge in [0.2, 0.25) is 0 Å². The van der Waals surface area contributed by atoms with Crippen molar-refractivity contribution in [2.45, 2.75) is 26.4 Å². The molecule has 1 aromatic heterocycles. The molecule has 0 spiro atoms. The molecule has 1 N–H and O–H groups in total. The SMILES string of the molecule is Cc1cccc(-c2nnc3n2CCNC3C)c1. The van der Waals surface area contributed by atoms with Gasteiger partial charge in [0, 0.05) is 18.7 Å². The minimum absolute atomic E-state index is 0.287. The Kier molecular flexibility index (Phi) is 2.44. The third kappa shape index (κ3) is 1.74. The number of hydrogen-bond acceptors (Lipinski definition) is 3. The highest BCUT2D eigenvalue weighted by Gasteiger charge is 2.21. The average molecular weight is 228 g/mol. The zero-order valence-corrected chi connectivity index (χ0v) is 10.1. The summed E-state index contributed by atoms with van der Waals surface area (Å²) in [6, 6.07) is 8.70. The van der Waals surface area contributed by atoms with Crippen LogP contribution in [-0.4, -0.2) is 21.3 Å². The van der Waals surface area contributed by atoms with Gasteiger partial charge in [0.1, 0.15) is 5.82 Å². The average Bonchev–Trinajstić information content (AvgIpc) is 2.74. The van der Waals surface area contributed by atoms with Gasteiger partial charge in [0.25, 0.3) is 0 Å². The molecule has 0 saturated heterocycles. The molecule has 1 aliphatic rings. The third-order valence-corrected chi connectivity index (χ3v) is 3.23. The second-order valence-corrected chi connectivity index (χ2v) is 4.58. The van der Waals surface area contributed by atoms with Gasteiger partial charge in [-0.05, 0) is 19.9 Å². The van der Waals surface area contributed by atoms with Crippen molar-refractivity contribution in [3.63, 3.8) is 0 Å². The van der Waals surface area contributed by atoms with Crippen LogP contribution in [0.4, 0.5) is 0 Å². The van der Waals surface area contributed by atoms with Crippen LogP contribution in [0.1, 0.15) is 24.4 Å². The lowest BCUT2D eigenvalue weighted by molar-refractivity contribution is 0.439. The first-order chi connectivity index (χ1) is 8.25. The van der Waals surface area contributed by atoms with Crippen molar-refractivity contribution in [2.24, 2.45) is 0 Å². The maximum absolute atomic E-state index is 4.33. The molecule has 1 unspecified atom stereocenters. The highest BCUT2D eigenvalue weighted by molar-refractivity contribution is 5.56. The first-order valence-electron chi connectivity index (χ1n) is 5.99. The number of aromatic nitrogens is 3. The first-order valence-corrected chi connectivity index (χ1v) is 5.99. The van der Waals surface area contributed by atoms with Crippen LogP contribution in [0.3, 0.4) is 0 Å². The van der Waals surface area contributed by atoms with Gasteiger partial charge < -0.3 is 9.88 Å². The molecule has 0 radical (unpaired) electrons. The van der Waals surface area contributed by atoms with E-state index in [1.54, 1.807) is 0 Å². The predicted octanol–water partition coefficient (Wildman–Crippen LogP) is 1.92. The standard InChI is InChI=1S/C13H16N4/c1-9-4-3-5-11(8-9)13-16-15-12-10(2)14-6-7-17(12)13/h3-5,8,10,14H,6-7H2,1-2H3. The fourth-order valence-electron chi connectivity index (χ4n) is 2.34. The molecular weight excluding hydrogens is 212 g/mol.